The molecular formula is C14H21N3O3. The predicted molar refractivity (Wildman–Crippen MR) is 75.9 cm³/mol. The van der Waals surface area contributed by atoms with Crippen molar-refractivity contribution in [3.63, 3.8) is 0 Å². The lowest BCUT2D eigenvalue weighted by atomic mass is 10.4. The first kappa shape index (κ1) is 14.6. The van der Waals surface area contributed by atoms with E-state index < -0.39 is 0 Å². The van der Waals surface area contributed by atoms with Crippen molar-refractivity contribution >= 4 is 11.8 Å². The van der Waals surface area contributed by atoms with E-state index >= 15 is 0 Å². The number of hydrogen-bond acceptors (Lipinski definition) is 5. The topological polar surface area (TPSA) is 64.4 Å². The van der Waals surface area contributed by atoms with Gasteiger partial charge >= 0.3 is 5.97 Å². The summed E-state index contributed by atoms with van der Waals surface area (Å²) in [4.78, 5) is 29.9. The maximum Gasteiger partial charge on any atom is 0.325 e. The van der Waals surface area contributed by atoms with E-state index in [1.54, 1.807) is 28.8 Å². The molecule has 1 aromatic rings. The van der Waals surface area contributed by atoms with Crippen molar-refractivity contribution in [1.82, 2.24) is 9.55 Å². The molecule has 0 spiro atoms. The zero-order chi connectivity index (χ0) is 14.5. The van der Waals surface area contributed by atoms with E-state index in [0.29, 0.717) is 25.0 Å². The van der Waals surface area contributed by atoms with E-state index in [2.05, 4.69) is 4.98 Å². The molecule has 1 aromatic heterocycles. The fourth-order valence-electron chi connectivity index (χ4n) is 2.16. The molecule has 0 N–H and O–H groups in total. The van der Waals surface area contributed by atoms with Crippen LogP contribution in [-0.2, 0) is 9.53 Å². The van der Waals surface area contributed by atoms with Gasteiger partial charge in [0.2, 0.25) is 0 Å². The summed E-state index contributed by atoms with van der Waals surface area (Å²) in [7, 11) is 0. The fourth-order valence-corrected chi connectivity index (χ4v) is 2.16. The predicted octanol–water partition coefficient (Wildman–Crippen LogP) is 1.36. The maximum atomic E-state index is 12.4. The van der Waals surface area contributed by atoms with Crippen LogP contribution in [-0.4, -0.2) is 35.2 Å². The Morgan fingerprint density at radius 3 is 2.85 bits per heavy atom. The summed E-state index contributed by atoms with van der Waals surface area (Å²) in [5.41, 5.74) is -0.118. The molecule has 110 valence electrons. The third-order valence-corrected chi connectivity index (χ3v) is 3.21. The minimum atomic E-state index is -0.330. The molecule has 0 atom stereocenters. The number of hydrogen-bond donors (Lipinski definition) is 0. The summed E-state index contributed by atoms with van der Waals surface area (Å²) < 4.78 is 6.67. The standard InChI is InChI=1S/C14H21N3O3/c1-3-8-16(10-12(18)20-4-2)13-14(19)17(9-7-15-13)11-5-6-11/h7,9,11H,3-6,8,10H2,1-2H3. The Hall–Kier alpha value is -1.85. The van der Waals surface area contributed by atoms with Crippen molar-refractivity contribution < 1.29 is 9.53 Å². The van der Waals surface area contributed by atoms with Crippen LogP contribution < -0.4 is 10.5 Å². The summed E-state index contributed by atoms with van der Waals surface area (Å²) in [6.45, 7) is 4.78. The van der Waals surface area contributed by atoms with Gasteiger partial charge in [-0.05, 0) is 26.2 Å². The van der Waals surface area contributed by atoms with Gasteiger partial charge in [-0.15, -0.1) is 0 Å². The Balaban J connectivity index is 2.22. The monoisotopic (exact) mass is 279 g/mol. The third-order valence-electron chi connectivity index (χ3n) is 3.21. The zero-order valence-electron chi connectivity index (χ0n) is 12.0. The highest BCUT2D eigenvalue weighted by molar-refractivity contribution is 5.75. The molecule has 1 heterocycles. The minimum absolute atomic E-state index is 0.0681. The summed E-state index contributed by atoms with van der Waals surface area (Å²) in [5, 5.41) is 0. The van der Waals surface area contributed by atoms with Crippen molar-refractivity contribution in [1.29, 1.82) is 0 Å². The van der Waals surface area contributed by atoms with E-state index in [0.717, 1.165) is 19.3 Å². The molecule has 1 aliphatic carbocycles. The first-order valence-electron chi connectivity index (χ1n) is 7.15. The smallest absolute Gasteiger partial charge is 0.325 e. The summed E-state index contributed by atoms with van der Waals surface area (Å²) in [6.07, 6.45) is 6.25. The van der Waals surface area contributed by atoms with Crippen molar-refractivity contribution in [3.05, 3.63) is 22.7 Å². The molecule has 2 rings (SSSR count). The summed E-state index contributed by atoms with van der Waals surface area (Å²) in [5.74, 6) is 0.0123. The fraction of sp³-hybridized carbons (Fsp3) is 0.643. The molecule has 0 aliphatic heterocycles. The Morgan fingerprint density at radius 1 is 1.50 bits per heavy atom. The second kappa shape index (κ2) is 6.54. The molecule has 0 bridgehead atoms. The Kier molecular flexibility index (Phi) is 4.76. The summed E-state index contributed by atoms with van der Waals surface area (Å²) in [6, 6.07) is 0.301. The molecule has 0 saturated heterocycles. The first-order valence-corrected chi connectivity index (χ1v) is 7.15. The van der Waals surface area contributed by atoms with E-state index in [1.165, 1.54) is 0 Å². The van der Waals surface area contributed by atoms with E-state index in [-0.39, 0.29) is 18.1 Å². The second-order valence-electron chi connectivity index (χ2n) is 4.92. The van der Waals surface area contributed by atoms with Gasteiger partial charge in [0, 0.05) is 25.0 Å². The number of ether oxygens (including phenoxy) is 1. The molecule has 6 nitrogen and oxygen atoms in total. The van der Waals surface area contributed by atoms with Gasteiger partial charge in [0.1, 0.15) is 6.54 Å². The zero-order valence-corrected chi connectivity index (χ0v) is 12.0. The van der Waals surface area contributed by atoms with Crippen molar-refractivity contribution in [2.75, 3.05) is 24.6 Å². The molecule has 0 aromatic carbocycles. The lowest BCUT2D eigenvalue weighted by Crippen LogP contribution is -2.37. The van der Waals surface area contributed by atoms with Gasteiger partial charge in [-0.3, -0.25) is 9.59 Å². The van der Waals surface area contributed by atoms with Crippen LogP contribution in [0.4, 0.5) is 5.82 Å². The van der Waals surface area contributed by atoms with Gasteiger partial charge in [0.15, 0.2) is 5.82 Å². The van der Waals surface area contributed by atoms with Crippen LogP contribution in [0.15, 0.2) is 17.2 Å². The van der Waals surface area contributed by atoms with Gasteiger partial charge in [0.25, 0.3) is 5.56 Å². The van der Waals surface area contributed by atoms with Crippen molar-refractivity contribution in [2.45, 2.75) is 39.2 Å². The first-order chi connectivity index (χ1) is 9.67. The van der Waals surface area contributed by atoms with E-state index in [1.807, 2.05) is 6.92 Å². The number of aromatic nitrogens is 2. The molecule has 0 unspecified atom stereocenters. The Bertz CT molecular complexity index is 523. The molecular weight excluding hydrogens is 258 g/mol. The average Bonchev–Trinajstić information content (AvgIpc) is 3.23. The normalized spacial score (nSPS) is 14.1. The third kappa shape index (κ3) is 3.37. The SMILES string of the molecule is CCCN(CC(=O)OCC)c1nccn(C2CC2)c1=O. The van der Waals surface area contributed by atoms with Gasteiger partial charge < -0.3 is 14.2 Å². The molecule has 1 fully saturated rings. The Labute approximate surface area is 118 Å². The largest absolute Gasteiger partial charge is 0.465 e. The van der Waals surface area contributed by atoms with Crippen LogP contribution in [0, 0.1) is 0 Å². The highest BCUT2D eigenvalue weighted by atomic mass is 16.5. The minimum Gasteiger partial charge on any atom is -0.465 e. The average molecular weight is 279 g/mol. The van der Waals surface area contributed by atoms with E-state index in [4.69, 9.17) is 4.74 Å². The van der Waals surface area contributed by atoms with Gasteiger partial charge in [-0.2, -0.15) is 0 Å². The van der Waals surface area contributed by atoms with Crippen LogP contribution in [0.25, 0.3) is 0 Å². The number of rotatable bonds is 7. The molecule has 6 heteroatoms. The van der Waals surface area contributed by atoms with Gasteiger partial charge in [0.05, 0.1) is 6.61 Å². The van der Waals surface area contributed by atoms with E-state index in [9.17, 15) is 9.59 Å². The number of carbonyl (C=O) groups excluding carboxylic acids is 1. The number of anilines is 1. The van der Waals surface area contributed by atoms with Crippen LogP contribution in [0.1, 0.15) is 39.2 Å². The summed E-state index contributed by atoms with van der Waals surface area (Å²) >= 11 is 0. The molecule has 20 heavy (non-hydrogen) atoms. The van der Waals surface area contributed by atoms with Crippen LogP contribution in [0.3, 0.4) is 0 Å². The van der Waals surface area contributed by atoms with Crippen LogP contribution in [0.5, 0.6) is 0 Å². The van der Waals surface area contributed by atoms with Gasteiger partial charge in [-0.25, -0.2) is 4.98 Å². The van der Waals surface area contributed by atoms with Crippen LogP contribution in [0.2, 0.25) is 0 Å². The maximum absolute atomic E-state index is 12.4. The van der Waals surface area contributed by atoms with Gasteiger partial charge in [-0.1, -0.05) is 6.92 Å². The van der Waals surface area contributed by atoms with Crippen molar-refractivity contribution in [3.8, 4) is 0 Å². The lowest BCUT2D eigenvalue weighted by molar-refractivity contribution is -0.141. The molecule has 1 saturated carbocycles. The second-order valence-corrected chi connectivity index (χ2v) is 4.92. The molecule has 1 aliphatic rings. The quantitative estimate of drug-likeness (QED) is 0.705. The van der Waals surface area contributed by atoms with Crippen molar-refractivity contribution in [2.24, 2.45) is 0 Å². The number of nitrogens with zero attached hydrogens (tertiary/aromatic N) is 3. The number of carbonyl (C=O) groups is 1. The highest BCUT2D eigenvalue weighted by Gasteiger charge is 2.26. The molecule has 0 amide bonds. The Morgan fingerprint density at radius 2 is 2.25 bits per heavy atom. The number of esters is 1. The molecule has 0 radical (unpaired) electrons. The highest BCUT2D eigenvalue weighted by Crippen LogP contribution is 2.33. The van der Waals surface area contributed by atoms with Crippen LogP contribution >= 0.6 is 0 Å². The lowest BCUT2D eigenvalue weighted by Gasteiger charge is -2.21.